The highest BCUT2D eigenvalue weighted by Crippen LogP contribution is 2.47. The quantitative estimate of drug-likeness (QED) is 0.511. The van der Waals surface area contributed by atoms with Crippen LogP contribution in [0, 0.1) is 18.8 Å². The first-order chi connectivity index (χ1) is 18.5. The monoisotopic (exact) mass is 533 g/mol. The number of amides is 3. The van der Waals surface area contributed by atoms with Gasteiger partial charge in [-0.3, -0.25) is 9.69 Å². The number of aryl methyl sites for hydroxylation is 1. The van der Waals surface area contributed by atoms with Crippen molar-refractivity contribution in [3.63, 3.8) is 0 Å². The van der Waals surface area contributed by atoms with Crippen LogP contribution < -0.4 is 25.6 Å². The second kappa shape index (κ2) is 10.6. The smallest absolute Gasteiger partial charge is 0.326 e. The molecule has 0 bridgehead atoms. The Morgan fingerprint density at radius 2 is 1.89 bits per heavy atom. The molecule has 3 amide bonds. The number of benzene rings is 2. The highest BCUT2D eigenvalue weighted by molar-refractivity contribution is 8.03. The number of para-hydroxylation sites is 1. The molecule has 3 unspecified atom stereocenters. The lowest BCUT2D eigenvalue weighted by molar-refractivity contribution is -0.125. The predicted molar refractivity (Wildman–Crippen MR) is 150 cm³/mol. The summed E-state index contributed by atoms with van der Waals surface area (Å²) in [6.07, 6.45) is 2.60. The molecule has 0 saturated carbocycles. The number of likely N-dealkylation sites (tertiary alicyclic amines) is 1. The maximum absolute atomic E-state index is 13.6. The molecular weight excluding hydrogens is 498 g/mol. The largest absolute Gasteiger partial charge is 0.457 e. The highest BCUT2D eigenvalue weighted by atomic mass is 32.2. The lowest BCUT2D eigenvalue weighted by Gasteiger charge is -2.46. The Morgan fingerprint density at radius 3 is 2.63 bits per heavy atom. The number of piperidine rings is 2. The average Bonchev–Trinajstić information content (AvgIpc) is 3.28. The Hall–Kier alpha value is -3.01. The van der Waals surface area contributed by atoms with Crippen molar-refractivity contribution >= 4 is 29.4 Å². The number of thioether (sulfide) groups is 1. The van der Waals surface area contributed by atoms with Crippen molar-refractivity contribution < 1.29 is 14.3 Å². The van der Waals surface area contributed by atoms with E-state index in [4.69, 9.17) is 4.74 Å². The van der Waals surface area contributed by atoms with E-state index in [1.807, 2.05) is 60.4 Å². The molecule has 0 aliphatic carbocycles. The van der Waals surface area contributed by atoms with Crippen LogP contribution in [0.15, 0.2) is 59.3 Å². The minimum atomic E-state index is -0.146. The fraction of sp³-hybridized carbons (Fsp3) is 0.448. The van der Waals surface area contributed by atoms with Gasteiger partial charge in [-0.05, 0) is 88.3 Å². The summed E-state index contributed by atoms with van der Waals surface area (Å²) in [4.78, 5) is 31.0. The van der Waals surface area contributed by atoms with Crippen molar-refractivity contribution in [2.45, 2.75) is 44.5 Å². The fourth-order valence-corrected chi connectivity index (χ4v) is 7.53. The van der Waals surface area contributed by atoms with E-state index in [9.17, 15) is 9.59 Å². The number of carbonyl (C=O) groups is 2. The maximum Gasteiger partial charge on any atom is 0.326 e. The average molecular weight is 534 g/mol. The van der Waals surface area contributed by atoms with Gasteiger partial charge in [0.25, 0.3) is 0 Å². The highest BCUT2D eigenvalue weighted by Gasteiger charge is 2.51. The van der Waals surface area contributed by atoms with Crippen molar-refractivity contribution in [2.75, 3.05) is 31.1 Å². The molecule has 3 fully saturated rings. The molecule has 2 aromatic rings. The SMILES string of the molecule is CCN1CCC(C(=O)NC2=C3NC(=O)N(c4ccc(Oc5ccccc5)cc4C)C4CCNC(S2)C34)CC1. The summed E-state index contributed by atoms with van der Waals surface area (Å²) >= 11 is 1.64. The normalized spacial score (nSPS) is 25.7. The zero-order valence-corrected chi connectivity index (χ0v) is 22.7. The van der Waals surface area contributed by atoms with Crippen LogP contribution in [0.25, 0.3) is 0 Å². The van der Waals surface area contributed by atoms with Crippen LogP contribution >= 0.6 is 11.8 Å². The van der Waals surface area contributed by atoms with Crippen LogP contribution in [0.4, 0.5) is 10.5 Å². The molecule has 0 radical (unpaired) electrons. The van der Waals surface area contributed by atoms with Gasteiger partial charge in [-0.25, -0.2) is 4.79 Å². The van der Waals surface area contributed by atoms with Crippen molar-refractivity contribution in [3.8, 4) is 11.5 Å². The van der Waals surface area contributed by atoms with Crippen LogP contribution in [-0.2, 0) is 4.79 Å². The molecule has 200 valence electrons. The Morgan fingerprint density at radius 1 is 1.11 bits per heavy atom. The second-order valence-corrected chi connectivity index (χ2v) is 11.6. The van der Waals surface area contributed by atoms with E-state index in [0.29, 0.717) is 0 Å². The van der Waals surface area contributed by atoms with Crippen LogP contribution in [0.2, 0.25) is 0 Å². The predicted octanol–water partition coefficient (Wildman–Crippen LogP) is 4.39. The van der Waals surface area contributed by atoms with Crippen molar-refractivity contribution in [3.05, 3.63) is 64.8 Å². The van der Waals surface area contributed by atoms with Crippen LogP contribution in [0.1, 0.15) is 31.7 Å². The zero-order valence-electron chi connectivity index (χ0n) is 21.9. The Kier molecular flexibility index (Phi) is 7.07. The van der Waals surface area contributed by atoms with Gasteiger partial charge >= 0.3 is 6.03 Å². The van der Waals surface area contributed by atoms with E-state index in [1.165, 1.54) is 0 Å². The summed E-state index contributed by atoms with van der Waals surface area (Å²) in [6, 6.07) is 15.4. The molecule has 0 aromatic heterocycles. The number of urea groups is 1. The summed E-state index contributed by atoms with van der Waals surface area (Å²) in [7, 11) is 0. The molecule has 4 aliphatic heterocycles. The van der Waals surface area contributed by atoms with Gasteiger partial charge in [0.15, 0.2) is 0 Å². The van der Waals surface area contributed by atoms with E-state index in [0.717, 1.165) is 78.9 Å². The third-order valence-electron chi connectivity index (χ3n) is 8.19. The van der Waals surface area contributed by atoms with Crippen molar-refractivity contribution in [1.29, 1.82) is 0 Å². The standard InChI is InChI=1S/C29H35N5O3S/c1-3-33-15-12-19(13-16-33)26(35)32-28-25-24-23(11-14-30-27(24)38-28)34(29(36)31-25)22-10-9-21(17-18(22)2)37-20-7-5-4-6-8-20/h4-10,17,19,23-24,27,30H,3,11-16H2,1-2H3,(H,31,36)(H,32,35). The topological polar surface area (TPSA) is 85.9 Å². The molecular formula is C29H35N5O3S. The van der Waals surface area contributed by atoms with E-state index in [-0.39, 0.29) is 35.2 Å². The summed E-state index contributed by atoms with van der Waals surface area (Å²) < 4.78 is 6.01. The summed E-state index contributed by atoms with van der Waals surface area (Å²) in [5.74, 6) is 1.70. The number of ether oxygens (including phenoxy) is 1. The van der Waals surface area contributed by atoms with Gasteiger partial charge < -0.3 is 25.6 Å². The zero-order chi connectivity index (χ0) is 26.2. The van der Waals surface area contributed by atoms with E-state index in [2.05, 4.69) is 27.8 Å². The first-order valence-electron chi connectivity index (χ1n) is 13.6. The van der Waals surface area contributed by atoms with Crippen LogP contribution in [-0.4, -0.2) is 54.4 Å². The number of hydrogen-bond donors (Lipinski definition) is 3. The summed E-state index contributed by atoms with van der Waals surface area (Å²) in [5, 5.41) is 10.9. The van der Waals surface area contributed by atoms with Crippen LogP contribution in [0.3, 0.4) is 0 Å². The molecule has 9 heteroatoms. The van der Waals surface area contributed by atoms with Gasteiger partial charge in [0, 0.05) is 17.5 Å². The third kappa shape index (κ3) is 4.79. The second-order valence-electron chi connectivity index (χ2n) is 10.5. The summed E-state index contributed by atoms with van der Waals surface area (Å²) in [6.45, 7) is 7.95. The van der Waals surface area contributed by atoms with Crippen LogP contribution in [0.5, 0.6) is 11.5 Å². The molecule has 38 heavy (non-hydrogen) atoms. The van der Waals surface area contributed by atoms with Crippen molar-refractivity contribution in [1.82, 2.24) is 20.9 Å². The van der Waals surface area contributed by atoms with Gasteiger partial charge in [-0.1, -0.05) is 36.9 Å². The molecule has 6 rings (SSSR count). The molecule has 3 saturated heterocycles. The number of rotatable bonds is 6. The number of anilines is 1. The molecule has 8 nitrogen and oxygen atoms in total. The van der Waals surface area contributed by atoms with Gasteiger partial charge in [0.2, 0.25) is 5.91 Å². The van der Waals surface area contributed by atoms with Gasteiger partial charge in [-0.15, -0.1) is 0 Å². The lowest BCUT2D eigenvalue weighted by atomic mass is 9.86. The first-order valence-corrected chi connectivity index (χ1v) is 14.5. The van der Waals surface area contributed by atoms with Crippen molar-refractivity contribution in [2.24, 2.45) is 11.8 Å². The molecule has 2 aromatic carbocycles. The van der Waals surface area contributed by atoms with E-state index in [1.54, 1.807) is 11.8 Å². The third-order valence-corrected chi connectivity index (χ3v) is 9.46. The first kappa shape index (κ1) is 25.3. The van der Waals surface area contributed by atoms with Gasteiger partial charge in [0.05, 0.1) is 22.1 Å². The fourth-order valence-electron chi connectivity index (χ4n) is 6.13. The molecule has 3 atom stereocenters. The minimum absolute atomic E-state index is 0.0132. The number of carbonyl (C=O) groups excluding carboxylic acids is 2. The number of hydrogen-bond acceptors (Lipinski definition) is 6. The molecule has 3 N–H and O–H groups in total. The van der Waals surface area contributed by atoms with Gasteiger partial charge in [0.1, 0.15) is 11.5 Å². The van der Waals surface area contributed by atoms with Gasteiger partial charge in [-0.2, -0.15) is 0 Å². The summed E-state index contributed by atoms with van der Waals surface area (Å²) in [5.41, 5.74) is 2.73. The van der Waals surface area contributed by atoms with E-state index >= 15 is 0 Å². The minimum Gasteiger partial charge on any atom is -0.457 e. The number of nitrogens with one attached hydrogen (secondary N) is 3. The lowest BCUT2D eigenvalue weighted by Crippen LogP contribution is -2.62. The maximum atomic E-state index is 13.6. The molecule has 4 heterocycles. The Labute approximate surface area is 228 Å². The molecule has 4 aliphatic rings. The molecule has 0 spiro atoms. The number of nitrogens with zero attached hydrogens (tertiary/aromatic N) is 2. The van der Waals surface area contributed by atoms with E-state index < -0.39 is 0 Å². The Balaban J connectivity index is 1.21. The Bertz CT molecular complexity index is 1240.